The average Bonchev–Trinajstić information content (AvgIpc) is 2.61. The number of ether oxygens (including phenoxy) is 1. The maximum absolute atomic E-state index is 12.1. The Labute approximate surface area is 155 Å². The molecule has 0 aliphatic rings. The second-order valence-electron chi connectivity index (χ2n) is 6.22. The van der Waals surface area contributed by atoms with Crippen LogP contribution in [0.4, 0.5) is 11.4 Å². The van der Waals surface area contributed by atoms with E-state index in [2.05, 4.69) is 24.1 Å². The Morgan fingerprint density at radius 3 is 2.08 bits per heavy atom. The smallest absolute Gasteiger partial charge is 0.338 e. The second kappa shape index (κ2) is 9.04. The number of esters is 1. The molecule has 1 N–H and O–H groups in total. The lowest BCUT2D eigenvalue weighted by Crippen LogP contribution is -2.22. The minimum absolute atomic E-state index is 0.316. The predicted molar refractivity (Wildman–Crippen MR) is 105 cm³/mol. The van der Waals surface area contributed by atoms with E-state index in [0.717, 1.165) is 29.9 Å². The van der Waals surface area contributed by atoms with Crippen LogP contribution in [0.2, 0.25) is 0 Å². The Bertz CT molecular complexity index is 745. The molecule has 5 nitrogen and oxygen atoms in total. The SMILES string of the molecule is CCN(CC)c1ccc(NC(=O)COC(=O)c2cc(C)cc(C)c2)cc1. The molecule has 2 aromatic rings. The highest BCUT2D eigenvalue weighted by molar-refractivity contribution is 5.95. The van der Waals surface area contributed by atoms with Crippen LogP contribution in [0.5, 0.6) is 0 Å². The van der Waals surface area contributed by atoms with E-state index in [1.54, 1.807) is 12.1 Å². The van der Waals surface area contributed by atoms with Gasteiger partial charge in [0.2, 0.25) is 0 Å². The zero-order valence-electron chi connectivity index (χ0n) is 15.8. The first-order chi connectivity index (χ1) is 12.4. The summed E-state index contributed by atoms with van der Waals surface area (Å²) in [4.78, 5) is 26.3. The number of amides is 1. The fourth-order valence-electron chi connectivity index (χ4n) is 2.85. The molecular weight excluding hydrogens is 328 g/mol. The molecule has 0 spiro atoms. The maximum Gasteiger partial charge on any atom is 0.338 e. The lowest BCUT2D eigenvalue weighted by molar-refractivity contribution is -0.119. The van der Waals surface area contributed by atoms with Gasteiger partial charge in [0.25, 0.3) is 5.91 Å². The van der Waals surface area contributed by atoms with Gasteiger partial charge in [0.15, 0.2) is 6.61 Å². The molecule has 0 heterocycles. The number of benzene rings is 2. The van der Waals surface area contributed by atoms with Crippen molar-refractivity contribution >= 4 is 23.3 Å². The van der Waals surface area contributed by atoms with E-state index >= 15 is 0 Å². The van der Waals surface area contributed by atoms with Crippen molar-refractivity contribution in [3.8, 4) is 0 Å². The molecule has 26 heavy (non-hydrogen) atoms. The van der Waals surface area contributed by atoms with Gasteiger partial charge < -0.3 is 15.0 Å². The Kier molecular flexibility index (Phi) is 6.78. The lowest BCUT2D eigenvalue weighted by Gasteiger charge is -2.21. The summed E-state index contributed by atoms with van der Waals surface area (Å²) in [5.74, 6) is -0.859. The standard InChI is InChI=1S/C21H26N2O3/c1-5-23(6-2)19-9-7-18(8-10-19)22-20(24)14-26-21(25)17-12-15(3)11-16(4)13-17/h7-13H,5-6,14H2,1-4H3,(H,22,24). The quantitative estimate of drug-likeness (QED) is 0.765. The molecule has 0 aliphatic carbocycles. The fourth-order valence-corrected chi connectivity index (χ4v) is 2.85. The predicted octanol–water partition coefficient (Wildman–Crippen LogP) is 3.95. The van der Waals surface area contributed by atoms with Crippen LogP contribution >= 0.6 is 0 Å². The fraction of sp³-hybridized carbons (Fsp3) is 0.333. The van der Waals surface area contributed by atoms with E-state index in [9.17, 15) is 9.59 Å². The summed E-state index contributed by atoms with van der Waals surface area (Å²) in [6.07, 6.45) is 0. The Morgan fingerprint density at radius 1 is 0.962 bits per heavy atom. The van der Waals surface area contributed by atoms with Crippen LogP contribution in [-0.2, 0) is 9.53 Å². The van der Waals surface area contributed by atoms with Crippen molar-refractivity contribution in [2.75, 3.05) is 29.9 Å². The summed E-state index contributed by atoms with van der Waals surface area (Å²) in [5, 5.41) is 2.74. The van der Waals surface area contributed by atoms with Gasteiger partial charge in [-0.05, 0) is 64.1 Å². The summed E-state index contributed by atoms with van der Waals surface area (Å²) in [7, 11) is 0. The number of carbonyl (C=O) groups is 2. The van der Waals surface area contributed by atoms with E-state index in [-0.39, 0.29) is 12.5 Å². The van der Waals surface area contributed by atoms with E-state index in [1.807, 2.05) is 44.2 Å². The number of hydrogen-bond acceptors (Lipinski definition) is 4. The molecule has 0 aromatic heterocycles. The monoisotopic (exact) mass is 354 g/mol. The molecule has 2 rings (SSSR count). The van der Waals surface area contributed by atoms with Crippen LogP contribution in [0.1, 0.15) is 35.3 Å². The van der Waals surface area contributed by atoms with Gasteiger partial charge in [-0.25, -0.2) is 4.79 Å². The third-order valence-corrected chi connectivity index (χ3v) is 4.07. The number of anilines is 2. The minimum atomic E-state index is -0.496. The largest absolute Gasteiger partial charge is 0.452 e. The molecule has 0 saturated heterocycles. The van der Waals surface area contributed by atoms with Gasteiger partial charge in [-0.3, -0.25) is 4.79 Å². The van der Waals surface area contributed by atoms with Gasteiger partial charge in [-0.2, -0.15) is 0 Å². The lowest BCUT2D eigenvalue weighted by atomic mass is 10.1. The normalized spacial score (nSPS) is 10.3. The van der Waals surface area contributed by atoms with Crippen LogP contribution in [0.15, 0.2) is 42.5 Å². The summed E-state index contributed by atoms with van der Waals surface area (Å²) in [6.45, 7) is 9.57. The van der Waals surface area contributed by atoms with Crippen LogP contribution in [-0.4, -0.2) is 31.6 Å². The first-order valence-corrected chi connectivity index (χ1v) is 8.83. The van der Waals surface area contributed by atoms with Crippen molar-refractivity contribution in [2.24, 2.45) is 0 Å². The molecule has 0 radical (unpaired) electrons. The first kappa shape index (κ1) is 19.5. The zero-order chi connectivity index (χ0) is 19.1. The van der Waals surface area contributed by atoms with Gasteiger partial charge in [-0.15, -0.1) is 0 Å². The van der Waals surface area contributed by atoms with Gasteiger partial charge in [0.1, 0.15) is 0 Å². The van der Waals surface area contributed by atoms with Gasteiger partial charge in [0.05, 0.1) is 5.56 Å². The first-order valence-electron chi connectivity index (χ1n) is 8.83. The summed E-state index contributed by atoms with van der Waals surface area (Å²) in [6, 6.07) is 13.1. The summed E-state index contributed by atoms with van der Waals surface area (Å²) in [5.41, 5.74) is 4.20. The van der Waals surface area contributed by atoms with Crippen LogP contribution in [0.3, 0.4) is 0 Å². The molecule has 0 aliphatic heterocycles. The number of hydrogen-bond donors (Lipinski definition) is 1. The van der Waals surface area contributed by atoms with E-state index in [0.29, 0.717) is 11.3 Å². The number of nitrogens with zero attached hydrogens (tertiary/aromatic N) is 1. The zero-order valence-corrected chi connectivity index (χ0v) is 15.8. The van der Waals surface area contributed by atoms with Crippen molar-refractivity contribution in [3.63, 3.8) is 0 Å². The van der Waals surface area contributed by atoms with Crippen molar-refractivity contribution < 1.29 is 14.3 Å². The van der Waals surface area contributed by atoms with Gasteiger partial charge in [0, 0.05) is 24.5 Å². The molecule has 0 fully saturated rings. The third-order valence-electron chi connectivity index (χ3n) is 4.07. The molecule has 1 amide bonds. The van der Waals surface area contributed by atoms with Gasteiger partial charge >= 0.3 is 5.97 Å². The third kappa shape index (κ3) is 5.34. The highest BCUT2D eigenvalue weighted by atomic mass is 16.5. The van der Waals surface area contributed by atoms with Crippen LogP contribution in [0.25, 0.3) is 0 Å². The highest BCUT2D eigenvalue weighted by Crippen LogP contribution is 2.17. The van der Waals surface area contributed by atoms with E-state index in [4.69, 9.17) is 4.74 Å². The Balaban J connectivity index is 1.89. The molecule has 138 valence electrons. The highest BCUT2D eigenvalue weighted by Gasteiger charge is 2.11. The number of aryl methyl sites for hydroxylation is 2. The Hall–Kier alpha value is -2.82. The maximum atomic E-state index is 12.1. The van der Waals surface area contributed by atoms with E-state index < -0.39 is 5.97 Å². The van der Waals surface area contributed by atoms with Crippen molar-refractivity contribution in [3.05, 3.63) is 59.2 Å². The second-order valence-corrected chi connectivity index (χ2v) is 6.22. The van der Waals surface area contributed by atoms with Gasteiger partial charge in [-0.1, -0.05) is 17.2 Å². The summed E-state index contributed by atoms with van der Waals surface area (Å²) < 4.78 is 5.11. The van der Waals surface area contributed by atoms with Crippen molar-refractivity contribution in [1.29, 1.82) is 0 Å². The molecule has 0 bridgehead atoms. The number of nitrogens with one attached hydrogen (secondary N) is 1. The van der Waals surface area contributed by atoms with Crippen LogP contribution in [0, 0.1) is 13.8 Å². The Morgan fingerprint density at radius 2 is 1.54 bits per heavy atom. The number of carbonyl (C=O) groups excluding carboxylic acids is 2. The van der Waals surface area contributed by atoms with Crippen molar-refractivity contribution in [1.82, 2.24) is 0 Å². The van der Waals surface area contributed by atoms with E-state index in [1.165, 1.54) is 0 Å². The topological polar surface area (TPSA) is 58.6 Å². The van der Waals surface area contributed by atoms with Crippen LogP contribution < -0.4 is 10.2 Å². The molecule has 0 unspecified atom stereocenters. The average molecular weight is 354 g/mol. The molecule has 2 aromatic carbocycles. The molecule has 5 heteroatoms. The molecular formula is C21H26N2O3. The minimum Gasteiger partial charge on any atom is -0.452 e. The molecule has 0 atom stereocenters. The molecule has 0 saturated carbocycles. The number of rotatable bonds is 7. The summed E-state index contributed by atoms with van der Waals surface area (Å²) >= 11 is 0. The van der Waals surface area contributed by atoms with Crippen molar-refractivity contribution in [2.45, 2.75) is 27.7 Å².